The Labute approximate surface area is 125 Å². The summed E-state index contributed by atoms with van der Waals surface area (Å²) in [6.07, 6.45) is 0. The van der Waals surface area contributed by atoms with Crippen molar-refractivity contribution in [3.05, 3.63) is 28.8 Å². The summed E-state index contributed by atoms with van der Waals surface area (Å²) in [5.74, 6) is 0.856. The van der Waals surface area contributed by atoms with E-state index >= 15 is 0 Å². The lowest BCUT2D eigenvalue weighted by molar-refractivity contribution is 0.423. The second-order valence-electron chi connectivity index (χ2n) is 5.28. The number of benzene rings is 1. The minimum absolute atomic E-state index is 0.345. The van der Waals surface area contributed by atoms with E-state index in [0.29, 0.717) is 29.8 Å². The first-order chi connectivity index (χ1) is 9.36. The maximum Gasteiger partial charge on any atom is 0.243 e. The second kappa shape index (κ2) is 6.05. The van der Waals surface area contributed by atoms with E-state index in [1.54, 1.807) is 10.4 Å². The fourth-order valence-corrected chi connectivity index (χ4v) is 5.53. The van der Waals surface area contributed by atoms with Crippen LogP contribution in [0.2, 0.25) is 0 Å². The van der Waals surface area contributed by atoms with Crippen LogP contribution in [0.5, 0.6) is 0 Å². The molecular formula is C14H22N2O2S2. The molecule has 1 fully saturated rings. The predicted molar refractivity (Wildman–Crippen MR) is 84.5 cm³/mol. The molecule has 0 amide bonds. The molecule has 1 saturated heterocycles. The average Bonchev–Trinajstić information content (AvgIpc) is 2.41. The first-order valence-electron chi connectivity index (χ1n) is 6.78. The van der Waals surface area contributed by atoms with Crippen molar-refractivity contribution in [1.29, 1.82) is 0 Å². The lowest BCUT2D eigenvalue weighted by Gasteiger charge is -2.30. The van der Waals surface area contributed by atoms with Crippen LogP contribution in [0.3, 0.4) is 0 Å². The Kier molecular flexibility index (Phi) is 4.79. The first kappa shape index (κ1) is 15.8. The molecule has 112 valence electrons. The van der Waals surface area contributed by atoms with Gasteiger partial charge in [-0.25, -0.2) is 8.42 Å². The number of sulfonamides is 1. The summed E-state index contributed by atoms with van der Waals surface area (Å²) < 4.78 is 27.3. The fourth-order valence-electron chi connectivity index (χ4n) is 2.43. The first-order valence-corrected chi connectivity index (χ1v) is 9.27. The van der Waals surface area contributed by atoms with Crippen LogP contribution >= 0.6 is 11.8 Å². The predicted octanol–water partition coefficient (Wildman–Crippen LogP) is 1.89. The van der Waals surface area contributed by atoms with E-state index in [0.717, 1.165) is 22.4 Å². The number of rotatable bonds is 3. The minimum Gasteiger partial charge on any atom is -0.326 e. The van der Waals surface area contributed by atoms with E-state index in [4.69, 9.17) is 5.73 Å². The van der Waals surface area contributed by atoms with Crippen molar-refractivity contribution < 1.29 is 8.42 Å². The van der Waals surface area contributed by atoms with Gasteiger partial charge in [-0.3, -0.25) is 0 Å². The number of aryl methyl sites for hydroxylation is 1. The smallest absolute Gasteiger partial charge is 0.243 e. The summed E-state index contributed by atoms with van der Waals surface area (Å²) in [4.78, 5) is 0.414. The zero-order valence-corrected chi connectivity index (χ0v) is 13.9. The maximum atomic E-state index is 12.8. The largest absolute Gasteiger partial charge is 0.326 e. The standard InChI is InChI=1S/C14H22N2O2S2/c1-10-6-13(8-15)7-14(12(10)3)20(17,18)16-4-5-19-11(2)9-16/h6-7,11H,4-5,8-9,15H2,1-3H3. The van der Waals surface area contributed by atoms with Crippen molar-refractivity contribution in [3.8, 4) is 0 Å². The molecule has 1 unspecified atom stereocenters. The van der Waals surface area contributed by atoms with E-state index in [1.807, 2.05) is 31.7 Å². The van der Waals surface area contributed by atoms with Gasteiger partial charge < -0.3 is 5.73 Å². The van der Waals surface area contributed by atoms with Gasteiger partial charge in [-0.05, 0) is 36.6 Å². The Morgan fingerprint density at radius 1 is 1.40 bits per heavy atom. The Morgan fingerprint density at radius 2 is 2.10 bits per heavy atom. The van der Waals surface area contributed by atoms with Crippen molar-refractivity contribution in [2.75, 3.05) is 18.8 Å². The van der Waals surface area contributed by atoms with Gasteiger partial charge in [-0.2, -0.15) is 16.1 Å². The molecule has 4 nitrogen and oxygen atoms in total. The molecule has 1 aromatic rings. The molecule has 1 aromatic carbocycles. The van der Waals surface area contributed by atoms with Crippen LogP contribution in [0, 0.1) is 13.8 Å². The zero-order valence-electron chi connectivity index (χ0n) is 12.2. The monoisotopic (exact) mass is 314 g/mol. The third-order valence-electron chi connectivity index (χ3n) is 3.74. The molecule has 1 aliphatic heterocycles. The topological polar surface area (TPSA) is 63.4 Å². The van der Waals surface area contributed by atoms with Gasteiger partial charge in [-0.15, -0.1) is 0 Å². The molecule has 20 heavy (non-hydrogen) atoms. The second-order valence-corrected chi connectivity index (χ2v) is 8.74. The summed E-state index contributed by atoms with van der Waals surface area (Å²) in [5, 5.41) is 0.345. The molecule has 0 saturated carbocycles. The molecule has 0 aliphatic carbocycles. The van der Waals surface area contributed by atoms with Gasteiger partial charge in [0.15, 0.2) is 0 Å². The zero-order chi connectivity index (χ0) is 14.9. The molecular weight excluding hydrogens is 292 g/mol. The summed E-state index contributed by atoms with van der Waals surface area (Å²) in [6.45, 7) is 7.39. The highest BCUT2D eigenvalue weighted by Crippen LogP contribution is 2.28. The minimum atomic E-state index is -3.42. The molecule has 0 bridgehead atoms. The molecule has 1 heterocycles. The van der Waals surface area contributed by atoms with Gasteiger partial charge in [0.1, 0.15) is 0 Å². The Balaban J connectivity index is 2.46. The highest BCUT2D eigenvalue weighted by atomic mass is 32.2. The summed E-state index contributed by atoms with van der Waals surface area (Å²) in [6, 6.07) is 3.69. The maximum absolute atomic E-state index is 12.8. The van der Waals surface area contributed by atoms with Gasteiger partial charge in [-0.1, -0.05) is 13.0 Å². The van der Waals surface area contributed by atoms with Gasteiger partial charge in [0.25, 0.3) is 0 Å². The number of nitrogens with two attached hydrogens (primary N) is 1. The number of hydrogen-bond acceptors (Lipinski definition) is 4. The van der Waals surface area contributed by atoms with E-state index < -0.39 is 10.0 Å². The molecule has 1 aliphatic rings. The summed E-state index contributed by atoms with van der Waals surface area (Å²) in [7, 11) is -3.42. The third kappa shape index (κ3) is 3.03. The fraction of sp³-hybridized carbons (Fsp3) is 0.571. The summed E-state index contributed by atoms with van der Waals surface area (Å²) in [5.41, 5.74) is 8.34. The normalized spacial score (nSPS) is 21.1. The van der Waals surface area contributed by atoms with Gasteiger partial charge in [0.2, 0.25) is 10.0 Å². The molecule has 2 N–H and O–H groups in total. The van der Waals surface area contributed by atoms with Crippen LogP contribution < -0.4 is 5.73 Å². The highest BCUT2D eigenvalue weighted by molar-refractivity contribution is 8.00. The van der Waals surface area contributed by atoms with Gasteiger partial charge in [0.05, 0.1) is 4.90 Å². The number of nitrogens with zero attached hydrogens (tertiary/aromatic N) is 1. The van der Waals surface area contributed by atoms with E-state index in [1.165, 1.54) is 0 Å². The van der Waals surface area contributed by atoms with Crippen molar-refractivity contribution >= 4 is 21.8 Å². The lowest BCUT2D eigenvalue weighted by Crippen LogP contribution is -2.41. The Hall–Kier alpha value is -0.560. The summed E-state index contributed by atoms with van der Waals surface area (Å²) >= 11 is 1.82. The third-order valence-corrected chi connectivity index (χ3v) is 6.86. The molecule has 2 rings (SSSR count). The van der Waals surface area contributed by atoms with Crippen molar-refractivity contribution in [2.45, 2.75) is 37.5 Å². The number of thioether (sulfide) groups is 1. The van der Waals surface area contributed by atoms with E-state index in [-0.39, 0.29) is 0 Å². The quantitative estimate of drug-likeness (QED) is 0.925. The van der Waals surface area contributed by atoms with Crippen LogP contribution in [0.15, 0.2) is 17.0 Å². The van der Waals surface area contributed by atoms with Crippen LogP contribution in [0.4, 0.5) is 0 Å². The SMILES string of the molecule is Cc1cc(CN)cc(S(=O)(=O)N2CCSC(C)C2)c1C. The average molecular weight is 314 g/mol. The number of hydrogen-bond donors (Lipinski definition) is 1. The van der Waals surface area contributed by atoms with Crippen LogP contribution in [0.25, 0.3) is 0 Å². The van der Waals surface area contributed by atoms with Crippen molar-refractivity contribution in [2.24, 2.45) is 5.73 Å². The molecule has 0 aromatic heterocycles. The van der Waals surface area contributed by atoms with E-state index in [2.05, 4.69) is 6.92 Å². The highest BCUT2D eigenvalue weighted by Gasteiger charge is 2.30. The van der Waals surface area contributed by atoms with E-state index in [9.17, 15) is 8.42 Å². The van der Waals surface area contributed by atoms with Crippen molar-refractivity contribution in [1.82, 2.24) is 4.31 Å². The van der Waals surface area contributed by atoms with Gasteiger partial charge in [0, 0.05) is 30.6 Å². The van der Waals surface area contributed by atoms with Crippen LogP contribution in [0.1, 0.15) is 23.6 Å². The molecule has 0 spiro atoms. The van der Waals surface area contributed by atoms with Crippen LogP contribution in [-0.4, -0.2) is 36.8 Å². The van der Waals surface area contributed by atoms with Crippen molar-refractivity contribution in [3.63, 3.8) is 0 Å². The molecule has 1 atom stereocenters. The van der Waals surface area contributed by atoms with Crippen LogP contribution in [-0.2, 0) is 16.6 Å². The Morgan fingerprint density at radius 3 is 2.70 bits per heavy atom. The Bertz CT molecular complexity index is 599. The lowest BCUT2D eigenvalue weighted by atomic mass is 10.1. The van der Waals surface area contributed by atoms with Gasteiger partial charge >= 0.3 is 0 Å². The molecule has 0 radical (unpaired) electrons. The molecule has 6 heteroatoms.